The van der Waals surface area contributed by atoms with E-state index >= 15 is 0 Å². The number of benzene rings is 1. The standard InChI is InChI=1S/C26H38N2O2/c1-4-6-7-8-9-16-28-17-13-22(21(5-2)20-28)14-18-30-26-12-15-27-25-11-10-23(29-3)19-24(25)26/h5,10-12,15,19,21-22H,2,4,6-9,13-14,16-18,20H2,1,3H3/t21-,22-/m0/s1. The molecule has 2 atom stereocenters. The van der Waals surface area contributed by atoms with E-state index in [0.29, 0.717) is 11.8 Å². The van der Waals surface area contributed by atoms with E-state index in [1.165, 1.54) is 51.6 Å². The van der Waals surface area contributed by atoms with Crippen molar-refractivity contribution < 1.29 is 9.47 Å². The van der Waals surface area contributed by atoms with Crippen molar-refractivity contribution in [3.63, 3.8) is 0 Å². The van der Waals surface area contributed by atoms with Crippen LogP contribution in [0.1, 0.15) is 51.9 Å². The van der Waals surface area contributed by atoms with E-state index < -0.39 is 0 Å². The Morgan fingerprint density at radius 2 is 2.07 bits per heavy atom. The Balaban J connectivity index is 1.48. The predicted octanol–water partition coefficient (Wildman–Crippen LogP) is 6.11. The Morgan fingerprint density at radius 1 is 1.20 bits per heavy atom. The van der Waals surface area contributed by atoms with E-state index in [0.717, 1.165) is 42.0 Å². The zero-order chi connectivity index (χ0) is 21.2. The summed E-state index contributed by atoms with van der Waals surface area (Å²) in [5, 5.41) is 1.01. The molecule has 1 aliphatic rings. The zero-order valence-corrected chi connectivity index (χ0v) is 18.8. The molecule has 4 nitrogen and oxygen atoms in total. The van der Waals surface area contributed by atoms with Gasteiger partial charge in [-0.15, -0.1) is 6.58 Å². The van der Waals surface area contributed by atoms with Gasteiger partial charge < -0.3 is 14.4 Å². The summed E-state index contributed by atoms with van der Waals surface area (Å²) in [6.07, 6.45) is 13.0. The number of piperidine rings is 1. The fourth-order valence-electron chi connectivity index (χ4n) is 4.54. The second-order valence-electron chi connectivity index (χ2n) is 8.49. The molecule has 0 N–H and O–H groups in total. The first-order chi connectivity index (χ1) is 14.7. The van der Waals surface area contributed by atoms with Gasteiger partial charge in [-0.1, -0.05) is 38.7 Å². The van der Waals surface area contributed by atoms with Crippen LogP contribution in [0.25, 0.3) is 10.9 Å². The highest BCUT2D eigenvalue weighted by molar-refractivity contribution is 5.86. The second-order valence-corrected chi connectivity index (χ2v) is 8.49. The Hall–Kier alpha value is -2.07. The molecule has 0 amide bonds. The highest BCUT2D eigenvalue weighted by Gasteiger charge is 2.26. The first-order valence-electron chi connectivity index (χ1n) is 11.7. The number of unbranched alkanes of at least 4 members (excludes halogenated alkanes) is 4. The number of fused-ring (bicyclic) bond motifs is 1. The summed E-state index contributed by atoms with van der Waals surface area (Å²) < 4.78 is 11.6. The van der Waals surface area contributed by atoms with Crippen molar-refractivity contribution in [2.75, 3.05) is 33.4 Å². The molecule has 1 fully saturated rings. The maximum atomic E-state index is 6.20. The van der Waals surface area contributed by atoms with Gasteiger partial charge in [0.2, 0.25) is 0 Å². The van der Waals surface area contributed by atoms with Crippen LogP contribution in [-0.4, -0.2) is 43.2 Å². The Labute approximate surface area is 182 Å². The largest absolute Gasteiger partial charge is 0.497 e. The highest BCUT2D eigenvalue weighted by atomic mass is 16.5. The fourth-order valence-corrected chi connectivity index (χ4v) is 4.54. The third-order valence-electron chi connectivity index (χ3n) is 6.43. The topological polar surface area (TPSA) is 34.6 Å². The number of hydrogen-bond acceptors (Lipinski definition) is 4. The first-order valence-corrected chi connectivity index (χ1v) is 11.7. The van der Waals surface area contributed by atoms with Gasteiger partial charge in [0.15, 0.2) is 0 Å². The minimum Gasteiger partial charge on any atom is -0.497 e. The van der Waals surface area contributed by atoms with Gasteiger partial charge in [0.1, 0.15) is 11.5 Å². The molecule has 0 saturated carbocycles. The highest BCUT2D eigenvalue weighted by Crippen LogP contribution is 2.30. The lowest BCUT2D eigenvalue weighted by atomic mass is 9.83. The van der Waals surface area contributed by atoms with Crippen LogP contribution in [-0.2, 0) is 0 Å². The lowest BCUT2D eigenvalue weighted by Crippen LogP contribution is -2.40. The van der Waals surface area contributed by atoms with E-state index in [-0.39, 0.29) is 0 Å². The summed E-state index contributed by atoms with van der Waals surface area (Å²) in [4.78, 5) is 7.07. The van der Waals surface area contributed by atoms with Crippen molar-refractivity contribution in [3.05, 3.63) is 43.1 Å². The Kier molecular flexibility index (Phi) is 9.00. The number of likely N-dealkylation sites (tertiary alicyclic amines) is 1. The molecule has 1 aromatic carbocycles. The van der Waals surface area contributed by atoms with Crippen molar-refractivity contribution in [2.24, 2.45) is 11.8 Å². The van der Waals surface area contributed by atoms with Crippen molar-refractivity contribution >= 4 is 10.9 Å². The van der Waals surface area contributed by atoms with Crippen LogP contribution in [0.15, 0.2) is 43.1 Å². The van der Waals surface area contributed by atoms with Gasteiger partial charge in [0.05, 0.1) is 19.2 Å². The molecule has 1 aliphatic heterocycles. The van der Waals surface area contributed by atoms with Gasteiger partial charge in [-0.2, -0.15) is 0 Å². The molecule has 30 heavy (non-hydrogen) atoms. The van der Waals surface area contributed by atoms with Crippen LogP contribution in [0.5, 0.6) is 11.5 Å². The third-order valence-corrected chi connectivity index (χ3v) is 6.43. The summed E-state index contributed by atoms with van der Waals surface area (Å²) in [7, 11) is 1.69. The molecule has 2 heterocycles. The number of pyridine rings is 1. The zero-order valence-electron chi connectivity index (χ0n) is 18.8. The first kappa shape index (κ1) is 22.6. The minimum atomic E-state index is 0.562. The van der Waals surface area contributed by atoms with Crippen molar-refractivity contribution in [3.8, 4) is 11.5 Å². The number of nitrogens with zero attached hydrogens (tertiary/aromatic N) is 2. The van der Waals surface area contributed by atoms with Crippen LogP contribution in [0, 0.1) is 11.8 Å². The summed E-state index contributed by atoms with van der Waals surface area (Å²) in [6.45, 7) is 10.7. The maximum Gasteiger partial charge on any atom is 0.130 e. The molecule has 4 heteroatoms. The van der Waals surface area contributed by atoms with Crippen molar-refractivity contribution in [1.29, 1.82) is 0 Å². The molecule has 3 rings (SSSR count). The number of hydrogen-bond donors (Lipinski definition) is 0. The van der Waals surface area contributed by atoms with E-state index in [4.69, 9.17) is 9.47 Å². The van der Waals surface area contributed by atoms with Gasteiger partial charge in [0.25, 0.3) is 0 Å². The van der Waals surface area contributed by atoms with Crippen LogP contribution < -0.4 is 9.47 Å². The number of ether oxygens (including phenoxy) is 2. The summed E-state index contributed by atoms with van der Waals surface area (Å²) in [6, 6.07) is 7.87. The molecule has 0 aliphatic carbocycles. The summed E-state index contributed by atoms with van der Waals surface area (Å²) in [5.74, 6) is 2.93. The quantitative estimate of drug-likeness (QED) is 0.312. The summed E-state index contributed by atoms with van der Waals surface area (Å²) in [5.41, 5.74) is 0.935. The average molecular weight is 411 g/mol. The van der Waals surface area contributed by atoms with Gasteiger partial charge in [-0.25, -0.2) is 0 Å². The molecule has 0 bridgehead atoms. The van der Waals surface area contributed by atoms with Gasteiger partial charge in [-0.3, -0.25) is 4.98 Å². The molecule has 1 aromatic heterocycles. The third kappa shape index (κ3) is 6.21. The summed E-state index contributed by atoms with van der Waals surface area (Å²) >= 11 is 0. The Bertz CT molecular complexity index is 792. The lowest BCUT2D eigenvalue weighted by Gasteiger charge is -2.37. The molecule has 0 radical (unpaired) electrons. The predicted molar refractivity (Wildman–Crippen MR) is 125 cm³/mol. The van der Waals surface area contributed by atoms with E-state index in [9.17, 15) is 0 Å². The van der Waals surface area contributed by atoms with Crippen LogP contribution in [0.2, 0.25) is 0 Å². The molecule has 0 spiro atoms. The van der Waals surface area contributed by atoms with E-state index in [1.807, 2.05) is 30.5 Å². The molecular formula is C26H38N2O2. The van der Waals surface area contributed by atoms with E-state index in [2.05, 4.69) is 29.5 Å². The van der Waals surface area contributed by atoms with Crippen molar-refractivity contribution in [1.82, 2.24) is 9.88 Å². The maximum absolute atomic E-state index is 6.20. The second kappa shape index (κ2) is 11.9. The van der Waals surface area contributed by atoms with Crippen molar-refractivity contribution in [2.45, 2.75) is 51.9 Å². The normalized spacial score (nSPS) is 19.7. The molecular weight excluding hydrogens is 372 g/mol. The SMILES string of the molecule is C=C[C@H]1CN(CCCCCCC)CC[C@H]1CCOc1ccnc2ccc(OC)cc12. The van der Waals surface area contributed by atoms with E-state index in [1.54, 1.807) is 7.11 Å². The number of methoxy groups -OCH3 is 1. The molecule has 0 unspecified atom stereocenters. The Morgan fingerprint density at radius 3 is 2.87 bits per heavy atom. The smallest absolute Gasteiger partial charge is 0.130 e. The van der Waals surface area contributed by atoms with Crippen LogP contribution in [0.3, 0.4) is 0 Å². The van der Waals surface area contributed by atoms with Gasteiger partial charge in [-0.05, 0) is 68.5 Å². The van der Waals surface area contributed by atoms with Gasteiger partial charge >= 0.3 is 0 Å². The molecule has 164 valence electrons. The van der Waals surface area contributed by atoms with Gasteiger partial charge in [0, 0.05) is 18.1 Å². The number of aromatic nitrogens is 1. The molecule has 1 saturated heterocycles. The lowest BCUT2D eigenvalue weighted by molar-refractivity contribution is 0.124. The van der Waals surface area contributed by atoms with Crippen LogP contribution in [0.4, 0.5) is 0 Å². The number of rotatable bonds is 12. The fraction of sp³-hybridized carbons (Fsp3) is 0.577. The average Bonchev–Trinajstić information content (AvgIpc) is 2.79. The monoisotopic (exact) mass is 410 g/mol. The molecule has 2 aromatic rings. The minimum absolute atomic E-state index is 0.562. The van der Waals surface area contributed by atoms with Crippen LogP contribution >= 0.6 is 0 Å².